The van der Waals surface area contributed by atoms with E-state index < -0.39 is 18.4 Å². The number of methoxy groups -OCH3 is 1. The van der Waals surface area contributed by atoms with E-state index in [9.17, 15) is 14.4 Å². The van der Waals surface area contributed by atoms with Gasteiger partial charge in [-0.15, -0.1) is 0 Å². The van der Waals surface area contributed by atoms with Gasteiger partial charge in [-0.05, 0) is 56.0 Å². The lowest BCUT2D eigenvalue weighted by atomic mass is 10.1. The van der Waals surface area contributed by atoms with E-state index in [2.05, 4.69) is 10.6 Å². The van der Waals surface area contributed by atoms with Crippen molar-refractivity contribution in [3.63, 3.8) is 0 Å². The summed E-state index contributed by atoms with van der Waals surface area (Å²) in [6.45, 7) is 6.87. The molecule has 11 heteroatoms. The van der Waals surface area contributed by atoms with Crippen LogP contribution in [0, 0.1) is 6.92 Å². The van der Waals surface area contributed by atoms with Gasteiger partial charge in [0.15, 0.2) is 6.30 Å². The summed E-state index contributed by atoms with van der Waals surface area (Å²) in [5.74, 6) is 0.0182. The number of para-hydroxylation sites is 1. The third kappa shape index (κ3) is 7.95. The molecular weight excluding hydrogens is 529 g/mol. The molecule has 10 nitrogen and oxygen atoms in total. The number of rotatable bonds is 10. The van der Waals surface area contributed by atoms with E-state index in [4.69, 9.17) is 9.47 Å². The maximum absolute atomic E-state index is 15.7. The third-order valence-corrected chi connectivity index (χ3v) is 7.61. The van der Waals surface area contributed by atoms with Crippen LogP contribution in [0.4, 0.5) is 20.6 Å². The van der Waals surface area contributed by atoms with Gasteiger partial charge in [0.2, 0.25) is 5.91 Å². The first kappa shape index (κ1) is 30.3. The number of ether oxygens (including phenoxy) is 2. The molecule has 0 aliphatic carbocycles. The summed E-state index contributed by atoms with van der Waals surface area (Å²) in [5.41, 5.74) is 2.83. The van der Waals surface area contributed by atoms with Crippen molar-refractivity contribution in [3.05, 3.63) is 53.6 Å². The number of benzene rings is 2. The Hall–Kier alpha value is -3.70. The van der Waals surface area contributed by atoms with Crippen LogP contribution < -0.4 is 15.4 Å². The maximum Gasteiger partial charge on any atom is 0.323 e. The van der Waals surface area contributed by atoms with Crippen molar-refractivity contribution in [1.29, 1.82) is 0 Å². The van der Waals surface area contributed by atoms with Gasteiger partial charge in [0.05, 0.1) is 38.4 Å². The summed E-state index contributed by atoms with van der Waals surface area (Å²) in [5, 5.41) is 5.62. The number of halogens is 1. The molecule has 2 fully saturated rings. The van der Waals surface area contributed by atoms with Crippen molar-refractivity contribution in [2.45, 2.75) is 45.4 Å². The van der Waals surface area contributed by atoms with Gasteiger partial charge < -0.3 is 25.0 Å². The molecular formula is C30H40FN5O5. The standard InChI is InChI=1S/C30H40FN5O5/c1-4-41-28(38)20-34-14-16-35(17-15-34)29(31)25-10-7-13-36(25)27(37)19-22-11-12-24(26(18-22)40-3)33-30(39)32-23-9-6-5-8-21(23)2/h5-6,8-9,11-12,18,25,29H,4,7,10,13-17,19-20H2,1-3H3,(H2,32,33,39). The number of esters is 1. The maximum atomic E-state index is 15.7. The van der Waals surface area contributed by atoms with E-state index >= 15 is 4.39 Å². The van der Waals surface area contributed by atoms with Crippen LogP contribution in [0.5, 0.6) is 5.75 Å². The molecule has 0 aromatic heterocycles. The minimum Gasteiger partial charge on any atom is -0.495 e. The summed E-state index contributed by atoms with van der Waals surface area (Å²) >= 11 is 0. The topological polar surface area (TPSA) is 103 Å². The normalized spacial score (nSPS) is 18.5. The van der Waals surface area contributed by atoms with Gasteiger partial charge in [0, 0.05) is 38.4 Å². The highest BCUT2D eigenvalue weighted by Crippen LogP contribution is 2.29. The first-order valence-corrected chi connectivity index (χ1v) is 14.1. The number of carbonyl (C=O) groups excluding carboxylic acids is 3. The van der Waals surface area contributed by atoms with Gasteiger partial charge in [-0.2, -0.15) is 0 Å². The number of urea groups is 1. The number of hydrogen-bond donors (Lipinski definition) is 2. The number of amides is 3. The predicted octanol–water partition coefficient (Wildman–Crippen LogP) is 3.66. The summed E-state index contributed by atoms with van der Waals surface area (Å²) < 4.78 is 26.2. The van der Waals surface area contributed by atoms with Crippen LogP contribution in [0.3, 0.4) is 0 Å². The summed E-state index contributed by atoms with van der Waals surface area (Å²) in [6, 6.07) is 11.8. The highest BCUT2D eigenvalue weighted by molar-refractivity contribution is 6.01. The van der Waals surface area contributed by atoms with Crippen molar-refractivity contribution < 1.29 is 28.2 Å². The number of nitrogens with zero attached hydrogens (tertiary/aromatic N) is 3. The van der Waals surface area contributed by atoms with Crippen LogP contribution in [-0.4, -0.2) is 97.9 Å². The number of carbonyl (C=O) groups is 3. The average Bonchev–Trinajstić information content (AvgIpc) is 3.45. The lowest BCUT2D eigenvalue weighted by molar-refractivity contribution is -0.145. The number of likely N-dealkylation sites (tertiary alicyclic amines) is 1. The number of anilines is 2. The molecule has 3 amide bonds. The first-order valence-electron chi connectivity index (χ1n) is 14.1. The zero-order valence-electron chi connectivity index (χ0n) is 24.0. The Morgan fingerprint density at radius 3 is 2.46 bits per heavy atom. The Balaban J connectivity index is 1.32. The second kappa shape index (κ2) is 14.3. The number of alkyl halides is 1. The fourth-order valence-corrected chi connectivity index (χ4v) is 5.40. The van der Waals surface area contributed by atoms with Crippen LogP contribution in [0.2, 0.25) is 0 Å². The van der Waals surface area contributed by atoms with E-state index in [1.54, 1.807) is 34.9 Å². The molecule has 0 spiro atoms. The molecule has 4 rings (SSSR count). The third-order valence-electron chi connectivity index (χ3n) is 7.61. The molecule has 41 heavy (non-hydrogen) atoms. The van der Waals surface area contributed by atoms with Crippen LogP contribution in [-0.2, 0) is 20.7 Å². The zero-order chi connectivity index (χ0) is 29.4. The summed E-state index contributed by atoms with van der Waals surface area (Å²) in [6.07, 6.45) is 0.196. The zero-order valence-corrected chi connectivity index (χ0v) is 24.0. The average molecular weight is 570 g/mol. The van der Waals surface area contributed by atoms with E-state index in [1.807, 2.05) is 36.1 Å². The fraction of sp³-hybridized carbons (Fsp3) is 0.500. The van der Waals surface area contributed by atoms with Gasteiger partial charge in [-0.25, -0.2) is 9.18 Å². The first-order chi connectivity index (χ1) is 19.8. The minimum atomic E-state index is -1.26. The van der Waals surface area contributed by atoms with E-state index in [0.29, 0.717) is 68.4 Å². The summed E-state index contributed by atoms with van der Waals surface area (Å²) in [7, 11) is 1.50. The lowest BCUT2D eigenvalue weighted by Gasteiger charge is -2.39. The van der Waals surface area contributed by atoms with Crippen LogP contribution in [0.15, 0.2) is 42.5 Å². The summed E-state index contributed by atoms with van der Waals surface area (Å²) in [4.78, 5) is 43.0. The Morgan fingerprint density at radius 2 is 1.76 bits per heavy atom. The Labute approximate surface area is 240 Å². The lowest BCUT2D eigenvalue weighted by Crippen LogP contribution is -2.55. The van der Waals surface area contributed by atoms with Gasteiger partial charge >= 0.3 is 12.0 Å². The van der Waals surface area contributed by atoms with Crippen LogP contribution in [0.1, 0.15) is 30.9 Å². The monoisotopic (exact) mass is 569 g/mol. The number of aryl methyl sites for hydroxylation is 1. The second-order valence-corrected chi connectivity index (χ2v) is 10.4. The van der Waals surface area contributed by atoms with Gasteiger partial charge in [-0.1, -0.05) is 24.3 Å². The van der Waals surface area contributed by atoms with Crippen LogP contribution in [0.25, 0.3) is 0 Å². The SMILES string of the molecule is CCOC(=O)CN1CCN(C(F)C2CCCN2C(=O)Cc2ccc(NC(=O)Nc3ccccc3C)c(OC)c2)CC1. The van der Waals surface area contributed by atoms with Gasteiger partial charge in [-0.3, -0.25) is 19.4 Å². The number of hydrogen-bond acceptors (Lipinski definition) is 7. The van der Waals surface area contributed by atoms with Gasteiger partial charge in [0.25, 0.3) is 0 Å². The number of piperazine rings is 1. The van der Waals surface area contributed by atoms with Crippen molar-refractivity contribution in [2.24, 2.45) is 0 Å². The molecule has 0 saturated carbocycles. The van der Waals surface area contributed by atoms with Crippen molar-refractivity contribution in [2.75, 3.05) is 63.6 Å². The van der Waals surface area contributed by atoms with Crippen molar-refractivity contribution >= 4 is 29.3 Å². The van der Waals surface area contributed by atoms with E-state index in [1.165, 1.54) is 7.11 Å². The molecule has 2 heterocycles. The molecule has 222 valence electrons. The Morgan fingerprint density at radius 1 is 1.02 bits per heavy atom. The van der Waals surface area contributed by atoms with Gasteiger partial charge in [0.1, 0.15) is 5.75 Å². The largest absolute Gasteiger partial charge is 0.495 e. The molecule has 0 bridgehead atoms. The highest BCUT2D eigenvalue weighted by Gasteiger charge is 2.39. The quantitative estimate of drug-likeness (QED) is 0.333. The van der Waals surface area contributed by atoms with E-state index in [-0.39, 0.29) is 24.8 Å². The smallest absolute Gasteiger partial charge is 0.323 e. The molecule has 2 aliphatic heterocycles. The van der Waals surface area contributed by atoms with Crippen LogP contribution >= 0.6 is 0 Å². The molecule has 2 N–H and O–H groups in total. The number of nitrogens with one attached hydrogen (secondary N) is 2. The molecule has 2 unspecified atom stereocenters. The fourth-order valence-electron chi connectivity index (χ4n) is 5.40. The molecule has 2 aromatic carbocycles. The Kier molecular flexibility index (Phi) is 10.5. The van der Waals surface area contributed by atoms with E-state index in [0.717, 1.165) is 12.0 Å². The molecule has 2 aromatic rings. The highest BCUT2D eigenvalue weighted by atomic mass is 19.1. The van der Waals surface area contributed by atoms with Crippen molar-refractivity contribution in [3.8, 4) is 5.75 Å². The van der Waals surface area contributed by atoms with Crippen molar-refractivity contribution in [1.82, 2.24) is 14.7 Å². The second-order valence-electron chi connectivity index (χ2n) is 10.4. The molecule has 2 atom stereocenters. The Bertz CT molecular complexity index is 1220. The predicted molar refractivity (Wildman–Crippen MR) is 155 cm³/mol. The molecule has 2 saturated heterocycles. The minimum absolute atomic E-state index is 0.0998. The molecule has 2 aliphatic rings. The molecule has 0 radical (unpaired) electrons.